The van der Waals surface area contributed by atoms with Crippen LogP contribution in [0, 0.1) is 0 Å². The van der Waals surface area contributed by atoms with E-state index in [-0.39, 0.29) is 0 Å². The largest absolute Gasteiger partial charge is 0.313 e. The molecular formula is C15H21N3. The van der Waals surface area contributed by atoms with Gasteiger partial charge in [0, 0.05) is 23.8 Å². The minimum absolute atomic E-state index is 0.353. The van der Waals surface area contributed by atoms with Crippen molar-refractivity contribution in [1.82, 2.24) is 15.2 Å². The van der Waals surface area contributed by atoms with E-state index in [1.807, 2.05) is 19.4 Å². The number of nitrogens with one attached hydrogen (secondary N) is 1. The van der Waals surface area contributed by atoms with Gasteiger partial charge < -0.3 is 10.2 Å². The molecule has 0 bridgehead atoms. The Balaban J connectivity index is 2.32. The molecule has 1 aromatic carbocycles. The van der Waals surface area contributed by atoms with Crippen LogP contribution in [0.1, 0.15) is 18.0 Å². The second-order valence-corrected chi connectivity index (χ2v) is 4.88. The number of hydrogen-bond donors (Lipinski definition) is 1. The third-order valence-corrected chi connectivity index (χ3v) is 3.29. The zero-order valence-corrected chi connectivity index (χ0v) is 11.4. The fraction of sp³-hybridized carbons (Fsp3) is 0.400. The van der Waals surface area contributed by atoms with Crippen LogP contribution < -0.4 is 5.32 Å². The van der Waals surface area contributed by atoms with E-state index in [4.69, 9.17) is 0 Å². The Morgan fingerprint density at radius 3 is 2.72 bits per heavy atom. The molecule has 18 heavy (non-hydrogen) atoms. The van der Waals surface area contributed by atoms with E-state index in [2.05, 4.69) is 53.6 Å². The van der Waals surface area contributed by atoms with Gasteiger partial charge in [-0.15, -0.1) is 0 Å². The lowest BCUT2D eigenvalue weighted by atomic mass is 9.99. The van der Waals surface area contributed by atoms with Crippen molar-refractivity contribution >= 4 is 10.8 Å². The van der Waals surface area contributed by atoms with Gasteiger partial charge in [-0.3, -0.25) is 4.98 Å². The molecule has 0 saturated carbocycles. The van der Waals surface area contributed by atoms with Gasteiger partial charge in [-0.25, -0.2) is 0 Å². The van der Waals surface area contributed by atoms with Crippen molar-refractivity contribution in [3.63, 3.8) is 0 Å². The maximum absolute atomic E-state index is 4.36. The number of pyridine rings is 1. The first-order valence-corrected chi connectivity index (χ1v) is 6.37. The number of benzene rings is 1. The second-order valence-electron chi connectivity index (χ2n) is 4.88. The third-order valence-electron chi connectivity index (χ3n) is 3.29. The van der Waals surface area contributed by atoms with Crippen LogP contribution in [0.25, 0.3) is 10.8 Å². The minimum Gasteiger partial charge on any atom is -0.313 e. The van der Waals surface area contributed by atoms with Gasteiger partial charge in [-0.2, -0.15) is 0 Å². The van der Waals surface area contributed by atoms with E-state index in [0.717, 1.165) is 13.0 Å². The third kappa shape index (κ3) is 2.86. The summed E-state index contributed by atoms with van der Waals surface area (Å²) in [7, 11) is 6.23. The Hall–Kier alpha value is -1.45. The molecule has 0 fully saturated rings. The molecule has 96 valence electrons. The highest BCUT2D eigenvalue weighted by Gasteiger charge is 2.12. The van der Waals surface area contributed by atoms with Crippen molar-refractivity contribution in [2.75, 3.05) is 27.7 Å². The molecule has 1 unspecified atom stereocenters. The molecule has 0 saturated heterocycles. The molecule has 0 radical (unpaired) electrons. The molecule has 3 nitrogen and oxygen atoms in total. The average molecular weight is 243 g/mol. The highest BCUT2D eigenvalue weighted by Crippen LogP contribution is 2.24. The van der Waals surface area contributed by atoms with E-state index >= 15 is 0 Å². The van der Waals surface area contributed by atoms with Crippen LogP contribution in [0.3, 0.4) is 0 Å². The Morgan fingerprint density at radius 2 is 2.00 bits per heavy atom. The van der Waals surface area contributed by atoms with Crippen LogP contribution in [0.4, 0.5) is 0 Å². The van der Waals surface area contributed by atoms with Gasteiger partial charge in [0.15, 0.2) is 0 Å². The van der Waals surface area contributed by atoms with Crippen molar-refractivity contribution in [1.29, 1.82) is 0 Å². The fourth-order valence-electron chi connectivity index (χ4n) is 2.26. The highest BCUT2D eigenvalue weighted by atomic mass is 15.1. The number of rotatable bonds is 5. The molecule has 0 amide bonds. The summed E-state index contributed by atoms with van der Waals surface area (Å²) >= 11 is 0. The summed E-state index contributed by atoms with van der Waals surface area (Å²) in [6, 6.07) is 8.79. The van der Waals surface area contributed by atoms with Gasteiger partial charge in [0.2, 0.25) is 0 Å². The number of hydrogen-bond acceptors (Lipinski definition) is 3. The van der Waals surface area contributed by atoms with Crippen molar-refractivity contribution in [3.05, 3.63) is 42.2 Å². The van der Waals surface area contributed by atoms with Gasteiger partial charge in [-0.05, 0) is 45.1 Å². The summed E-state index contributed by atoms with van der Waals surface area (Å²) in [5.74, 6) is 0. The zero-order chi connectivity index (χ0) is 13.0. The molecule has 0 aliphatic carbocycles. The van der Waals surface area contributed by atoms with E-state index in [9.17, 15) is 0 Å². The van der Waals surface area contributed by atoms with Gasteiger partial charge >= 0.3 is 0 Å². The van der Waals surface area contributed by atoms with Gasteiger partial charge in [-0.1, -0.05) is 24.3 Å². The molecule has 3 heteroatoms. The first-order chi connectivity index (χ1) is 8.72. The SMILES string of the molecule is CNC(CCN(C)C)c1cncc2ccccc12. The minimum atomic E-state index is 0.353. The van der Waals surface area contributed by atoms with Crippen LogP contribution in [-0.4, -0.2) is 37.6 Å². The van der Waals surface area contributed by atoms with Crippen molar-refractivity contribution in [2.24, 2.45) is 0 Å². The van der Waals surface area contributed by atoms with Crippen LogP contribution in [0.15, 0.2) is 36.7 Å². The Bertz CT molecular complexity index is 503. The quantitative estimate of drug-likeness (QED) is 0.874. The first-order valence-electron chi connectivity index (χ1n) is 6.37. The normalized spacial score (nSPS) is 13.1. The molecule has 1 atom stereocenters. The van der Waals surface area contributed by atoms with Crippen LogP contribution in [0.2, 0.25) is 0 Å². The predicted molar refractivity (Wildman–Crippen MR) is 76.7 cm³/mol. The van der Waals surface area contributed by atoms with E-state index < -0.39 is 0 Å². The predicted octanol–water partition coefficient (Wildman–Crippen LogP) is 2.45. The van der Waals surface area contributed by atoms with Crippen LogP contribution in [0.5, 0.6) is 0 Å². The molecule has 2 aromatic rings. The van der Waals surface area contributed by atoms with Crippen molar-refractivity contribution in [2.45, 2.75) is 12.5 Å². The molecule has 2 rings (SSSR count). The molecule has 0 aliphatic heterocycles. The topological polar surface area (TPSA) is 28.2 Å². The summed E-state index contributed by atoms with van der Waals surface area (Å²) in [4.78, 5) is 6.57. The van der Waals surface area contributed by atoms with E-state index in [1.54, 1.807) is 0 Å². The fourth-order valence-corrected chi connectivity index (χ4v) is 2.26. The lowest BCUT2D eigenvalue weighted by molar-refractivity contribution is 0.369. The lowest BCUT2D eigenvalue weighted by Gasteiger charge is -2.20. The number of aromatic nitrogens is 1. The summed E-state index contributed by atoms with van der Waals surface area (Å²) < 4.78 is 0. The van der Waals surface area contributed by atoms with Crippen LogP contribution in [-0.2, 0) is 0 Å². The summed E-state index contributed by atoms with van der Waals surface area (Å²) in [5.41, 5.74) is 1.29. The second kappa shape index (κ2) is 5.94. The number of nitrogens with zero attached hydrogens (tertiary/aromatic N) is 2. The van der Waals surface area contributed by atoms with Gasteiger partial charge in [0.25, 0.3) is 0 Å². The maximum Gasteiger partial charge on any atom is 0.0351 e. The highest BCUT2D eigenvalue weighted by molar-refractivity contribution is 5.85. The monoisotopic (exact) mass is 243 g/mol. The van der Waals surface area contributed by atoms with E-state index in [0.29, 0.717) is 6.04 Å². The molecule has 0 spiro atoms. The zero-order valence-electron chi connectivity index (χ0n) is 11.4. The Morgan fingerprint density at radius 1 is 1.22 bits per heavy atom. The van der Waals surface area contributed by atoms with Crippen LogP contribution >= 0.6 is 0 Å². The average Bonchev–Trinajstić information content (AvgIpc) is 2.39. The van der Waals surface area contributed by atoms with Crippen molar-refractivity contribution in [3.8, 4) is 0 Å². The molecule has 1 heterocycles. The summed E-state index contributed by atoms with van der Waals surface area (Å²) in [6.45, 7) is 1.06. The maximum atomic E-state index is 4.36. The Labute approximate surface area is 109 Å². The van der Waals surface area contributed by atoms with Crippen molar-refractivity contribution < 1.29 is 0 Å². The molecular weight excluding hydrogens is 222 g/mol. The number of fused-ring (bicyclic) bond motifs is 1. The Kier molecular flexibility index (Phi) is 4.28. The molecule has 1 N–H and O–H groups in total. The standard InChI is InChI=1S/C15H21N3/c1-16-15(8-9-18(2)3)14-11-17-10-12-6-4-5-7-13(12)14/h4-7,10-11,15-16H,8-9H2,1-3H3. The molecule has 1 aromatic heterocycles. The molecule has 0 aliphatic rings. The summed E-state index contributed by atoms with van der Waals surface area (Å²) in [5, 5.41) is 5.90. The smallest absolute Gasteiger partial charge is 0.0351 e. The van der Waals surface area contributed by atoms with Gasteiger partial charge in [0.05, 0.1) is 0 Å². The van der Waals surface area contributed by atoms with Gasteiger partial charge in [0.1, 0.15) is 0 Å². The first kappa shape index (κ1) is 13.0. The van der Waals surface area contributed by atoms with E-state index in [1.165, 1.54) is 16.3 Å². The summed E-state index contributed by atoms with van der Waals surface area (Å²) in [6.07, 6.45) is 5.00. The lowest BCUT2D eigenvalue weighted by Crippen LogP contribution is -2.23.